The minimum Gasteiger partial charge on any atom is -0.375 e. The van der Waals surface area contributed by atoms with Crippen LogP contribution in [0.15, 0.2) is 42.7 Å². The van der Waals surface area contributed by atoms with E-state index in [0.717, 1.165) is 17.8 Å². The fourth-order valence-electron chi connectivity index (χ4n) is 1.43. The van der Waals surface area contributed by atoms with Gasteiger partial charge in [-0.05, 0) is 24.3 Å². The lowest BCUT2D eigenvalue weighted by Gasteiger charge is -2.03. The van der Waals surface area contributed by atoms with Crippen molar-refractivity contribution in [3.63, 3.8) is 0 Å². The highest BCUT2D eigenvalue weighted by molar-refractivity contribution is 6.30. The van der Waals surface area contributed by atoms with Crippen LogP contribution in [0.4, 0.5) is 0 Å². The highest BCUT2D eigenvalue weighted by Gasteiger charge is 1.97. The van der Waals surface area contributed by atoms with E-state index in [9.17, 15) is 0 Å². The summed E-state index contributed by atoms with van der Waals surface area (Å²) in [7, 11) is 0. The van der Waals surface area contributed by atoms with Crippen LogP contribution < -0.4 is 0 Å². The Kier molecular flexibility index (Phi) is 4.47. The van der Waals surface area contributed by atoms with Gasteiger partial charge < -0.3 is 4.74 Å². The van der Waals surface area contributed by atoms with Crippen molar-refractivity contribution in [1.29, 1.82) is 0 Å². The van der Waals surface area contributed by atoms with Crippen LogP contribution in [0.2, 0.25) is 5.02 Å². The van der Waals surface area contributed by atoms with E-state index < -0.39 is 0 Å². The summed E-state index contributed by atoms with van der Waals surface area (Å²) >= 11 is 5.85. The summed E-state index contributed by atoms with van der Waals surface area (Å²) in [6.07, 6.45) is 4.27. The number of rotatable bonds is 5. The molecule has 0 N–H and O–H groups in total. The van der Waals surface area contributed by atoms with Gasteiger partial charge in [-0.2, -0.15) is 0 Å². The van der Waals surface area contributed by atoms with Gasteiger partial charge in [-0.15, -0.1) is 0 Å². The van der Waals surface area contributed by atoms with Crippen molar-refractivity contribution in [3.8, 4) is 0 Å². The highest BCUT2D eigenvalue weighted by Crippen LogP contribution is 2.08. The van der Waals surface area contributed by atoms with Gasteiger partial charge in [0.1, 0.15) is 0 Å². The number of pyridine rings is 2. The van der Waals surface area contributed by atoms with Crippen LogP contribution in [0, 0.1) is 0 Å². The fourth-order valence-corrected chi connectivity index (χ4v) is 1.61. The van der Waals surface area contributed by atoms with E-state index in [1.807, 2.05) is 24.3 Å². The van der Waals surface area contributed by atoms with Crippen molar-refractivity contribution < 1.29 is 4.74 Å². The SMILES string of the molecule is Clc1ccnc(COCCc2ccccn2)c1. The molecule has 17 heavy (non-hydrogen) atoms. The van der Waals surface area contributed by atoms with E-state index in [2.05, 4.69) is 9.97 Å². The Bertz CT molecular complexity index is 462. The number of nitrogens with zero attached hydrogens (tertiary/aromatic N) is 2. The molecule has 0 saturated carbocycles. The van der Waals surface area contributed by atoms with Crippen molar-refractivity contribution >= 4 is 11.6 Å². The highest BCUT2D eigenvalue weighted by atomic mass is 35.5. The molecule has 0 spiro atoms. The second-order valence-corrected chi connectivity index (χ2v) is 4.03. The van der Waals surface area contributed by atoms with Gasteiger partial charge >= 0.3 is 0 Å². The minimum absolute atomic E-state index is 0.480. The summed E-state index contributed by atoms with van der Waals surface area (Å²) in [4.78, 5) is 8.38. The number of halogens is 1. The lowest BCUT2D eigenvalue weighted by molar-refractivity contribution is 0.120. The first-order valence-electron chi connectivity index (χ1n) is 5.43. The Hall–Kier alpha value is -1.45. The molecule has 2 aromatic rings. The predicted octanol–water partition coefficient (Wildman–Crippen LogP) is 2.89. The van der Waals surface area contributed by atoms with Gasteiger partial charge in [0.15, 0.2) is 0 Å². The average Bonchev–Trinajstić information content (AvgIpc) is 2.36. The average molecular weight is 249 g/mol. The van der Waals surface area contributed by atoms with Gasteiger partial charge in [0, 0.05) is 29.5 Å². The molecule has 0 aromatic carbocycles. The van der Waals surface area contributed by atoms with Gasteiger partial charge in [-0.1, -0.05) is 17.7 Å². The fraction of sp³-hybridized carbons (Fsp3) is 0.231. The van der Waals surface area contributed by atoms with Crippen LogP contribution in [0.25, 0.3) is 0 Å². The van der Waals surface area contributed by atoms with Crippen molar-refractivity contribution in [1.82, 2.24) is 9.97 Å². The maximum absolute atomic E-state index is 5.85. The molecule has 0 fully saturated rings. The number of hydrogen-bond acceptors (Lipinski definition) is 3. The summed E-state index contributed by atoms with van der Waals surface area (Å²) < 4.78 is 5.52. The van der Waals surface area contributed by atoms with E-state index in [0.29, 0.717) is 18.2 Å². The van der Waals surface area contributed by atoms with Crippen LogP contribution in [0.1, 0.15) is 11.4 Å². The molecule has 0 atom stereocenters. The maximum atomic E-state index is 5.85. The van der Waals surface area contributed by atoms with E-state index in [1.54, 1.807) is 18.5 Å². The van der Waals surface area contributed by atoms with Gasteiger partial charge in [0.2, 0.25) is 0 Å². The molecule has 0 bridgehead atoms. The molecule has 0 aliphatic carbocycles. The minimum atomic E-state index is 0.480. The molecule has 3 nitrogen and oxygen atoms in total. The van der Waals surface area contributed by atoms with E-state index >= 15 is 0 Å². The predicted molar refractivity (Wildman–Crippen MR) is 66.8 cm³/mol. The van der Waals surface area contributed by atoms with Crippen LogP contribution in [0.5, 0.6) is 0 Å². The quantitative estimate of drug-likeness (QED) is 0.764. The van der Waals surface area contributed by atoms with Crippen molar-refractivity contribution in [2.45, 2.75) is 13.0 Å². The van der Waals surface area contributed by atoms with Crippen LogP contribution in [-0.4, -0.2) is 16.6 Å². The standard InChI is InChI=1S/C13H13ClN2O/c14-11-4-7-16-13(9-11)10-17-8-5-12-3-1-2-6-15-12/h1-4,6-7,9H,5,8,10H2. The van der Waals surface area contributed by atoms with Crippen molar-refractivity contribution in [3.05, 3.63) is 59.1 Å². The third-order valence-corrected chi connectivity index (χ3v) is 2.49. The molecule has 88 valence electrons. The summed E-state index contributed by atoms with van der Waals surface area (Å²) in [6, 6.07) is 9.42. The molecule has 0 saturated heterocycles. The van der Waals surface area contributed by atoms with Crippen LogP contribution in [0.3, 0.4) is 0 Å². The van der Waals surface area contributed by atoms with Crippen LogP contribution in [-0.2, 0) is 17.8 Å². The molecule has 2 aromatic heterocycles. The molecular weight excluding hydrogens is 236 g/mol. The summed E-state index contributed by atoms with van der Waals surface area (Å²) in [6.45, 7) is 1.11. The second kappa shape index (κ2) is 6.33. The smallest absolute Gasteiger partial charge is 0.0888 e. The Labute approximate surface area is 105 Å². The molecular formula is C13H13ClN2O. The van der Waals surface area contributed by atoms with Crippen molar-refractivity contribution in [2.24, 2.45) is 0 Å². The van der Waals surface area contributed by atoms with Gasteiger partial charge in [0.05, 0.1) is 18.9 Å². The first-order chi connectivity index (χ1) is 8.34. The molecule has 0 aliphatic heterocycles. The topological polar surface area (TPSA) is 35.0 Å². The van der Waals surface area contributed by atoms with E-state index in [4.69, 9.17) is 16.3 Å². The Morgan fingerprint density at radius 3 is 2.71 bits per heavy atom. The summed E-state index contributed by atoms with van der Waals surface area (Å²) in [5.41, 5.74) is 1.88. The zero-order chi connectivity index (χ0) is 11.9. The summed E-state index contributed by atoms with van der Waals surface area (Å²) in [5, 5.41) is 0.684. The Morgan fingerprint density at radius 2 is 1.94 bits per heavy atom. The zero-order valence-corrected chi connectivity index (χ0v) is 10.1. The number of hydrogen-bond donors (Lipinski definition) is 0. The zero-order valence-electron chi connectivity index (χ0n) is 9.34. The van der Waals surface area contributed by atoms with Crippen LogP contribution >= 0.6 is 11.6 Å². The third-order valence-electron chi connectivity index (χ3n) is 2.26. The maximum Gasteiger partial charge on any atom is 0.0888 e. The van der Waals surface area contributed by atoms with E-state index in [-0.39, 0.29) is 0 Å². The van der Waals surface area contributed by atoms with E-state index in [1.165, 1.54) is 0 Å². The van der Waals surface area contributed by atoms with Crippen molar-refractivity contribution in [2.75, 3.05) is 6.61 Å². The Morgan fingerprint density at radius 1 is 1.06 bits per heavy atom. The second-order valence-electron chi connectivity index (χ2n) is 3.59. The van der Waals surface area contributed by atoms with Gasteiger partial charge in [-0.3, -0.25) is 9.97 Å². The molecule has 0 amide bonds. The normalized spacial score (nSPS) is 10.4. The molecule has 0 radical (unpaired) electrons. The van der Waals surface area contributed by atoms with Gasteiger partial charge in [-0.25, -0.2) is 0 Å². The monoisotopic (exact) mass is 248 g/mol. The first-order valence-corrected chi connectivity index (χ1v) is 5.80. The number of ether oxygens (including phenoxy) is 1. The molecule has 2 heterocycles. The first kappa shape index (κ1) is 12.0. The number of aromatic nitrogens is 2. The lowest BCUT2D eigenvalue weighted by Crippen LogP contribution is -2.01. The summed E-state index contributed by atoms with van der Waals surface area (Å²) in [5.74, 6) is 0. The molecule has 0 unspecified atom stereocenters. The molecule has 2 rings (SSSR count). The third kappa shape index (κ3) is 4.13. The lowest BCUT2D eigenvalue weighted by atomic mass is 10.3. The Balaban J connectivity index is 1.73. The molecule has 0 aliphatic rings. The van der Waals surface area contributed by atoms with Gasteiger partial charge in [0.25, 0.3) is 0 Å². The largest absolute Gasteiger partial charge is 0.375 e. The molecule has 4 heteroatoms.